The van der Waals surface area contributed by atoms with Crippen molar-refractivity contribution in [2.45, 2.75) is 57.1 Å². The maximum absolute atomic E-state index is 14.1. The van der Waals surface area contributed by atoms with Crippen molar-refractivity contribution in [2.24, 2.45) is 0 Å². The van der Waals surface area contributed by atoms with Gasteiger partial charge in [-0.05, 0) is 67.8 Å². The van der Waals surface area contributed by atoms with Gasteiger partial charge in [-0.2, -0.15) is 0 Å². The van der Waals surface area contributed by atoms with E-state index >= 15 is 0 Å². The van der Waals surface area contributed by atoms with E-state index in [1.54, 1.807) is 66.7 Å². The van der Waals surface area contributed by atoms with Gasteiger partial charge in [0.15, 0.2) is 0 Å². The number of nitrogens with zero attached hydrogens (tertiary/aromatic N) is 2. The molecule has 0 aliphatic rings. The number of halogens is 1. The van der Waals surface area contributed by atoms with Crippen molar-refractivity contribution in [1.82, 2.24) is 10.2 Å². The predicted octanol–water partition coefficient (Wildman–Crippen LogP) is 5.27. The Balaban J connectivity index is 2.04. The lowest BCUT2D eigenvalue weighted by atomic mass is 10.1. The molecule has 3 aromatic rings. The van der Waals surface area contributed by atoms with Crippen LogP contribution in [0.5, 0.6) is 5.75 Å². The van der Waals surface area contributed by atoms with Crippen LogP contribution in [0.4, 0.5) is 5.69 Å². The van der Waals surface area contributed by atoms with E-state index in [2.05, 4.69) is 5.32 Å². The van der Waals surface area contributed by atoms with Crippen molar-refractivity contribution in [2.75, 3.05) is 18.0 Å². The lowest BCUT2D eigenvalue weighted by molar-refractivity contribution is -0.140. The summed E-state index contributed by atoms with van der Waals surface area (Å²) in [5, 5.41) is 3.41. The standard InChI is InChI=1S/C30H36ClN3O5S/c1-5-22(3)32-30(36)28(6-2)33(20-23-12-10-11-15-27(23)31)29(35)21-34(24-13-8-7-9-14-24)40(37,38)26-18-16-25(39-4)17-19-26/h7-19,22,28H,5-6,20-21H2,1-4H3,(H,32,36)/t22-,28-/m1/s1. The minimum Gasteiger partial charge on any atom is -0.497 e. The SMILES string of the molecule is CC[C@@H](C)NC(=O)[C@@H](CC)N(Cc1ccccc1Cl)C(=O)CN(c1ccccc1)S(=O)(=O)c1ccc(OC)cc1. The van der Waals surface area contributed by atoms with Crippen LogP contribution in [0.1, 0.15) is 39.2 Å². The minimum atomic E-state index is -4.16. The van der Waals surface area contributed by atoms with Gasteiger partial charge in [-0.25, -0.2) is 8.42 Å². The van der Waals surface area contributed by atoms with E-state index < -0.39 is 28.5 Å². The fraction of sp³-hybridized carbons (Fsp3) is 0.333. The number of anilines is 1. The molecule has 0 bridgehead atoms. The first-order valence-corrected chi connectivity index (χ1v) is 15.0. The lowest BCUT2D eigenvalue weighted by Crippen LogP contribution is -2.53. The second-order valence-corrected chi connectivity index (χ2v) is 11.6. The summed E-state index contributed by atoms with van der Waals surface area (Å²) in [6, 6.07) is 20.5. The highest BCUT2D eigenvalue weighted by Crippen LogP contribution is 2.26. The molecule has 0 aromatic heterocycles. The zero-order valence-corrected chi connectivity index (χ0v) is 24.8. The molecule has 1 N–H and O–H groups in total. The van der Waals surface area contributed by atoms with Gasteiger partial charge in [-0.1, -0.05) is 61.8 Å². The molecule has 0 fully saturated rings. The van der Waals surface area contributed by atoms with Crippen molar-refractivity contribution in [3.8, 4) is 5.75 Å². The second kappa shape index (κ2) is 14.2. The number of amides is 2. The van der Waals surface area contributed by atoms with Gasteiger partial charge in [0.2, 0.25) is 11.8 Å². The van der Waals surface area contributed by atoms with E-state index in [0.29, 0.717) is 28.4 Å². The molecular weight excluding hydrogens is 550 g/mol. The third-order valence-corrected chi connectivity index (χ3v) is 8.81. The van der Waals surface area contributed by atoms with Crippen LogP contribution in [0.25, 0.3) is 0 Å². The molecule has 8 nitrogen and oxygen atoms in total. The van der Waals surface area contributed by atoms with Crippen LogP contribution >= 0.6 is 11.6 Å². The van der Waals surface area contributed by atoms with Crippen molar-refractivity contribution in [1.29, 1.82) is 0 Å². The van der Waals surface area contributed by atoms with E-state index in [9.17, 15) is 18.0 Å². The Hall–Kier alpha value is -3.56. The van der Waals surface area contributed by atoms with E-state index in [1.807, 2.05) is 20.8 Å². The van der Waals surface area contributed by atoms with Crippen LogP contribution < -0.4 is 14.4 Å². The zero-order chi connectivity index (χ0) is 29.3. The number of hydrogen-bond acceptors (Lipinski definition) is 5. The van der Waals surface area contributed by atoms with E-state index in [1.165, 1.54) is 24.1 Å². The first-order valence-electron chi connectivity index (χ1n) is 13.2. The summed E-state index contributed by atoms with van der Waals surface area (Å²) in [6.45, 7) is 5.19. The molecule has 0 radical (unpaired) electrons. The van der Waals surface area contributed by atoms with Crippen LogP contribution in [0.15, 0.2) is 83.8 Å². The number of rotatable bonds is 13. The molecule has 2 amide bonds. The summed E-state index contributed by atoms with van der Waals surface area (Å²) in [5.74, 6) is -0.334. The number of ether oxygens (including phenoxy) is 1. The van der Waals surface area contributed by atoms with Crippen molar-refractivity contribution >= 4 is 39.1 Å². The number of para-hydroxylation sites is 1. The molecule has 3 rings (SSSR count). The molecule has 3 aromatic carbocycles. The second-order valence-electron chi connectivity index (χ2n) is 9.38. The highest BCUT2D eigenvalue weighted by Gasteiger charge is 2.34. The fourth-order valence-corrected chi connectivity index (χ4v) is 5.78. The Labute approximate surface area is 241 Å². The van der Waals surface area contributed by atoms with Crippen molar-refractivity contribution in [3.05, 3.63) is 89.4 Å². The van der Waals surface area contributed by atoms with Crippen molar-refractivity contribution < 1.29 is 22.7 Å². The highest BCUT2D eigenvalue weighted by atomic mass is 35.5. The van der Waals surface area contributed by atoms with E-state index in [0.717, 1.165) is 10.7 Å². The van der Waals surface area contributed by atoms with Gasteiger partial charge >= 0.3 is 0 Å². The Morgan fingerprint density at radius 3 is 2.12 bits per heavy atom. The Bertz CT molecular complexity index is 1380. The largest absolute Gasteiger partial charge is 0.497 e. The Morgan fingerprint density at radius 1 is 0.925 bits per heavy atom. The molecule has 0 aliphatic heterocycles. The van der Waals surface area contributed by atoms with Crippen LogP contribution in [0, 0.1) is 0 Å². The normalized spacial score (nSPS) is 12.7. The Morgan fingerprint density at radius 2 is 1.55 bits per heavy atom. The highest BCUT2D eigenvalue weighted by molar-refractivity contribution is 7.92. The molecule has 214 valence electrons. The molecule has 0 saturated carbocycles. The van der Waals surface area contributed by atoms with Gasteiger partial charge in [0.25, 0.3) is 10.0 Å². The van der Waals surface area contributed by atoms with Crippen LogP contribution in [0.2, 0.25) is 5.02 Å². The third-order valence-electron chi connectivity index (χ3n) is 6.66. The molecule has 0 unspecified atom stereocenters. The van der Waals surface area contributed by atoms with Gasteiger partial charge in [0, 0.05) is 17.6 Å². The molecule has 10 heteroatoms. The average molecular weight is 586 g/mol. The number of methoxy groups -OCH3 is 1. The van der Waals surface area contributed by atoms with Crippen LogP contribution in [0.3, 0.4) is 0 Å². The van der Waals surface area contributed by atoms with Crippen LogP contribution in [-0.4, -0.2) is 50.9 Å². The summed E-state index contributed by atoms with van der Waals surface area (Å²) >= 11 is 6.43. The smallest absolute Gasteiger partial charge is 0.264 e. The first kappa shape index (κ1) is 31.0. The number of carbonyl (C=O) groups excluding carboxylic acids is 2. The van der Waals surface area contributed by atoms with Gasteiger partial charge in [0.1, 0.15) is 18.3 Å². The molecule has 0 spiro atoms. The summed E-state index contributed by atoms with van der Waals surface area (Å²) in [7, 11) is -2.67. The predicted molar refractivity (Wildman–Crippen MR) is 158 cm³/mol. The lowest BCUT2D eigenvalue weighted by Gasteiger charge is -2.34. The summed E-state index contributed by atoms with van der Waals surface area (Å²) in [4.78, 5) is 28.8. The van der Waals surface area contributed by atoms with Crippen LogP contribution in [-0.2, 0) is 26.2 Å². The van der Waals surface area contributed by atoms with E-state index in [4.69, 9.17) is 16.3 Å². The van der Waals surface area contributed by atoms with Gasteiger partial charge < -0.3 is 15.0 Å². The first-order chi connectivity index (χ1) is 19.1. The number of carbonyl (C=O) groups is 2. The summed E-state index contributed by atoms with van der Waals surface area (Å²) in [5.41, 5.74) is 0.970. The average Bonchev–Trinajstić information content (AvgIpc) is 2.96. The topological polar surface area (TPSA) is 96.0 Å². The maximum Gasteiger partial charge on any atom is 0.264 e. The maximum atomic E-state index is 14.1. The molecule has 0 heterocycles. The monoisotopic (exact) mass is 585 g/mol. The molecule has 40 heavy (non-hydrogen) atoms. The number of nitrogens with one attached hydrogen (secondary N) is 1. The summed E-state index contributed by atoms with van der Waals surface area (Å²) < 4.78 is 34.0. The van der Waals surface area contributed by atoms with Crippen molar-refractivity contribution in [3.63, 3.8) is 0 Å². The molecule has 0 saturated heterocycles. The zero-order valence-electron chi connectivity index (χ0n) is 23.2. The Kier molecular flexibility index (Phi) is 11.0. The third kappa shape index (κ3) is 7.55. The quantitative estimate of drug-likeness (QED) is 0.295. The fourth-order valence-electron chi connectivity index (χ4n) is 4.17. The number of sulfonamides is 1. The molecular formula is C30H36ClN3O5S. The minimum absolute atomic E-state index is 0.00385. The summed E-state index contributed by atoms with van der Waals surface area (Å²) in [6.07, 6.45) is 1.05. The van der Waals surface area contributed by atoms with Gasteiger partial charge in [-0.15, -0.1) is 0 Å². The molecule has 0 aliphatic carbocycles. The van der Waals surface area contributed by atoms with E-state index in [-0.39, 0.29) is 23.4 Å². The van der Waals surface area contributed by atoms with Gasteiger partial charge in [0.05, 0.1) is 17.7 Å². The molecule has 2 atom stereocenters. The van der Waals surface area contributed by atoms with Gasteiger partial charge in [-0.3, -0.25) is 13.9 Å². The number of hydrogen-bond donors (Lipinski definition) is 1. The number of benzene rings is 3.